The van der Waals surface area contributed by atoms with Gasteiger partial charge in [0, 0.05) is 29.2 Å². The number of ketones is 1. The predicted octanol–water partition coefficient (Wildman–Crippen LogP) is 3.95. The second kappa shape index (κ2) is 8.84. The first-order valence-corrected chi connectivity index (χ1v) is 9.25. The number of benzene rings is 2. The number of hydrogen-bond acceptors (Lipinski definition) is 5. The largest absolute Gasteiger partial charge is 0.493 e. The number of aliphatic hydroxyl groups is 1. The van der Waals surface area contributed by atoms with Gasteiger partial charge in [-0.2, -0.15) is 0 Å². The lowest BCUT2D eigenvalue weighted by atomic mass is 10.0. The molecular weight excluding hydrogens is 370 g/mol. The maximum absolute atomic E-state index is 13.0. The molecule has 152 valence electrons. The van der Waals surface area contributed by atoms with Gasteiger partial charge < -0.3 is 23.9 Å². The summed E-state index contributed by atoms with van der Waals surface area (Å²) in [6.45, 7) is 2.38. The van der Waals surface area contributed by atoms with Crippen molar-refractivity contribution >= 4 is 22.8 Å². The third-order valence-electron chi connectivity index (χ3n) is 4.80. The summed E-state index contributed by atoms with van der Waals surface area (Å²) in [5.41, 5.74) is 2.97. The summed E-state index contributed by atoms with van der Waals surface area (Å²) in [4.78, 5) is 13.0. The lowest BCUT2D eigenvalue weighted by molar-refractivity contribution is 0.103. The zero-order valence-corrected chi connectivity index (χ0v) is 17.1. The summed E-state index contributed by atoms with van der Waals surface area (Å²) in [6.07, 6.45) is 3.71. The number of nitrogens with zero attached hydrogens (tertiary/aromatic N) is 1. The van der Waals surface area contributed by atoms with E-state index in [2.05, 4.69) is 0 Å². The molecule has 0 radical (unpaired) electrons. The van der Waals surface area contributed by atoms with Crippen LogP contribution >= 0.6 is 0 Å². The maximum atomic E-state index is 13.0. The number of Topliss-reactive ketones (excluding diaryl/α,β-unsaturated/α-hetero) is 1. The van der Waals surface area contributed by atoms with Crippen molar-refractivity contribution in [1.82, 2.24) is 4.57 Å². The molecule has 6 nitrogen and oxygen atoms in total. The molecule has 0 saturated heterocycles. The summed E-state index contributed by atoms with van der Waals surface area (Å²) in [5, 5.41) is 10.1. The van der Waals surface area contributed by atoms with Crippen LogP contribution in [0.5, 0.6) is 17.2 Å². The molecule has 0 saturated carbocycles. The van der Waals surface area contributed by atoms with Crippen LogP contribution in [0.1, 0.15) is 22.8 Å². The molecule has 0 aliphatic carbocycles. The SMILES string of the molecule is COc1cc(/C=C(\C)C(=O)c2ccc3c(ccn3CCO)c2)cc(OC)c1OC. The molecule has 1 aromatic heterocycles. The second-order valence-corrected chi connectivity index (χ2v) is 6.62. The van der Waals surface area contributed by atoms with Gasteiger partial charge >= 0.3 is 0 Å². The molecule has 2 aromatic carbocycles. The van der Waals surface area contributed by atoms with Gasteiger partial charge in [0.1, 0.15) is 0 Å². The van der Waals surface area contributed by atoms with Gasteiger partial charge in [-0.25, -0.2) is 0 Å². The summed E-state index contributed by atoms with van der Waals surface area (Å²) >= 11 is 0. The average molecular weight is 395 g/mol. The molecule has 29 heavy (non-hydrogen) atoms. The Balaban J connectivity index is 1.93. The second-order valence-electron chi connectivity index (χ2n) is 6.62. The highest BCUT2D eigenvalue weighted by Gasteiger charge is 2.14. The van der Waals surface area contributed by atoms with E-state index in [4.69, 9.17) is 19.3 Å². The van der Waals surface area contributed by atoms with E-state index in [1.165, 1.54) is 0 Å². The topological polar surface area (TPSA) is 69.9 Å². The fraction of sp³-hybridized carbons (Fsp3) is 0.261. The monoisotopic (exact) mass is 395 g/mol. The van der Waals surface area contributed by atoms with Crippen molar-refractivity contribution in [3.8, 4) is 17.2 Å². The van der Waals surface area contributed by atoms with Gasteiger partial charge in [-0.1, -0.05) is 0 Å². The van der Waals surface area contributed by atoms with Gasteiger partial charge in [-0.3, -0.25) is 4.79 Å². The number of carbonyl (C=O) groups is 1. The molecule has 0 fully saturated rings. The standard InChI is InChI=1S/C23H25NO5/c1-15(11-16-12-20(27-2)23(29-4)21(13-16)28-3)22(26)18-5-6-19-17(14-18)7-8-24(19)9-10-25/h5-8,11-14,25H,9-10H2,1-4H3/b15-11+. The number of hydrogen-bond donors (Lipinski definition) is 1. The van der Waals surface area contributed by atoms with Crippen LogP contribution in [0, 0.1) is 0 Å². The van der Waals surface area contributed by atoms with Crippen LogP contribution in [0.25, 0.3) is 17.0 Å². The Morgan fingerprint density at radius 2 is 1.72 bits per heavy atom. The molecule has 0 atom stereocenters. The zero-order chi connectivity index (χ0) is 21.0. The fourth-order valence-electron chi connectivity index (χ4n) is 3.37. The third-order valence-corrected chi connectivity index (χ3v) is 4.80. The highest BCUT2D eigenvalue weighted by molar-refractivity contribution is 6.12. The van der Waals surface area contributed by atoms with E-state index >= 15 is 0 Å². The smallest absolute Gasteiger partial charge is 0.203 e. The van der Waals surface area contributed by atoms with Gasteiger partial charge in [-0.15, -0.1) is 0 Å². The number of rotatable bonds is 8. The molecule has 0 aliphatic heterocycles. The average Bonchev–Trinajstić information content (AvgIpc) is 3.14. The van der Waals surface area contributed by atoms with Crippen LogP contribution in [0.15, 0.2) is 48.2 Å². The van der Waals surface area contributed by atoms with E-state index in [0.29, 0.717) is 34.9 Å². The first kappa shape index (κ1) is 20.5. The molecule has 1 N–H and O–H groups in total. The van der Waals surface area contributed by atoms with Gasteiger partial charge in [-0.05, 0) is 60.5 Å². The highest BCUT2D eigenvalue weighted by atomic mass is 16.5. The number of fused-ring (bicyclic) bond motifs is 1. The molecule has 6 heteroatoms. The van der Waals surface area contributed by atoms with Crippen LogP contribution in [-0.2, 0) is 6.54 Å². The Morgan fingerprint density at radius 1 is 1.03 bits per heavy atom. The van der Waals surface area contributed by atoms with Crippen LogP contribution in [0.4, 0.5) is 0 Å². The zero-order valence-electron chi connectivity index (χ0n) is 17.1. The van der Waals surface area contributed by atoms with Gasteiger partial charge in [0.05, 0.1) is 27.9 Å². The van der Waals surface area contributed by atoms with Crippen LogP contribution < -0.4 is 14.2 Å². The highest BCUT2D eigenvalue weighted by Crippen LogP contribution is 2.38. The summed E-state index contributed by atoms with van der Waals surface area (Å²) < 4.78 is 18.1. The Kier molecular flexibility index (Phi) is 6.24. The molecule has 3 rings (SSSR count). The molecule has 3 aromatic rings. The molecule has 1 heterocycles. The first-order chi connectivity index (χ1) is 14.0. The van der Waals surface area contributed by atoms with E-state index in [-0.39, 0.29) is 12.4 Å². The quantitative estimate of drug-likeness (QED) is 0.462. The van der Waals surface area contributed by atoms with Crippen molar-refractivity contribution in [2.75, 3.05) is 27.9 Å². The van der Waals surface area contributed by atoms with Gasteiger partial charge in [0.15, 0.2) is 17.3 Å². The van der Waals surface area contributed by atoms with E-state index in [0.717, 1.165) is 16.5 Å². The number of methoxy groups -OCH3 is 3. The summed E-state index contributed by atoms with van der Waals surface area (Å²) in [7, 11) is 4.66. The van der Waals surface area contributed by atoms with Crippen LogP contribution in [-0.4, -0.2) is 43.4 Å². The van der Waals surface area contributed by atoms with Crippen LogP contribution in [0.3, 0.4) is 0 Å². The Morgan fingerprint density at radius 3 is 2.31 bits per heavy atom. The molecule has 0 spiro atoms. The summed E-state index contributed by atoms with van der Waals surface area (Å²) in [5.74, 6) is 1.51. The number of allylic oxidation sites excluding steroid dienone is 1. The summed E-state index contributed by atoms with van der Waals surface area (Å²) in [6, 6.07) is 11.1. The van der Waals surface area contributed by atoms with E-state index in [9.17, 15) is 4.79 Å². The predicted molar refractivity (Wildman–Crippen MR) is 113 cm³/mol. The Bertz CT molecular complexity index is 1040. The van der Waals surface area contributed by atoms with Crippen molar-refractivity contribution in [2.45, 2.75) is 13.5 Å². The molecule has 0 amide bonds. The van der Waals surface area contributed by atoms with Crippen molar-refractivity contribution in [3.63, 3.8) is 0 Å². The van der Waals surface area contributed by atoms with Crippen molar-refractivity contribution in [1.29, 1.82) is 0 Å². The molecule has 0 unspecified atom stereocenters. The van der Waals surface area contributed by atoms with Gasteiger partial charge in [0.25, 0.3) is 0 Å². The molecular formula is C23H25NO5. The van der Waals surface area contributed by atoms with Crippen molar-refractivity contribution < 1.29 is 24.1 Å². The Labute approximate surface area is 169 Å². The minimum atomic E-state index is -0.0597. The van der Waals surface area contributed by atoms with Crippen molar-refractivity contribution in [2.24, 2.45) is 0 Å². The minimum Gasteiger partial charge on any atom is -0.493 e. The number of ether oxygens (including phenoxy) is 3. The lowest BCUT2D eigenvalue weighted by Crippen LogP contribution is -2.02. The molecule has 0 aliphatic rings. The minimum absolute atomic E-state index is 0.0597. The van der Waals surface area contributed by atoms with Gasteiger partial charge in [0.2, 0.25) is 5.75 Å². The lowest BCUT2D eigenvalue weighted by Gasteiger charge is -2.13. The number of aliphatic hydroxyl groups excluding tert-OH is 1. The number of carbonyl (C=O) groups excluding carboxylic acids is 1. The van der Waals surface area contributed by atoms with E-state index < -0.39 is 0 Å². The van der Waals surface area contributed by atoms with E-state index in [1.54, 1.807) is 46.5 Å². The van der Waals surface area contributed by atoms with E-state index in [1.807, 2.05) is 35.0 Å². The third kappa shape index (κ3) is 4.12. The first-order valence-electron chi connectivity index (χ1n) is 9.25. The fourth-order valence-corrected chi connectivity index (χ4v) is 3.37. The van der Waals surface area contributed by atoms with Crippen molar-refractivity contribution in [3.05, 3.63) is 59.3 Å². The maximum Gasteiger partial charge on any atom is 0.203 e. The normalized spacial score (nSPS) is 11.6. The Hall–Kier alpha value is -3.25. The van der Waals surface area contributed by atoms with Crippen LogP contribution in [0.2, 0.25) is 0 Å². The number of aromatic nitrogens is 1. The molecule has 0 bridgehead atoms.